The molecular weight excluding hydrogens is 420 g/mol. The van der Waals surface area contributed by atoms with Gasteiger partial charge in [-0.05, 0) is 86.1 Å². The van der Waals surface area contributed by atoms with Gasteiger partial charge < -0.3 is 11.1 Å². The van der Waals surface area contributed by atoms with Crippen molar-refractivity contribution in [2.75, 3.05) is 13.1 Å². The second-order valence-corrected chi connectivity index (χ2v) is 9.76. The molecule has 1 heterocycles. The van der Waals surface area contributed by atoms with Gasteiger partial charge in [0, 0.05) is 19.0 Å². The molecule has 0 radical (unpaired) electrons. The molecule has 0 aliphatic rings. The first-order valence-corrected chi connectivity index (χ1v) is 12.8. The van der Waals surface area contributed by atoms with Crippen molar-refractivity contribution >= 4 is 5.91 Å². The van der Waals surface area contributed by atoms with Crippen molar-refractivity contribution in [2.45, 2.75) is 92.5 Å². The second-order valence-electron chi connectivity index (χ2n) is 9.76. The molecule has 1 rings (SSSR count). The third-order valence-corrected chi connectivity index (χ3v) is 5.92. The molecule has 0 fully saturated rings. The van der Waals surface area contributed by atoms with E-state index in [1.165, 1.54) is 22.4 Å². The smallest absolute Gasteiger partial charge is 0.243 e. The van der Waals surface area contributed by atoms with Gasteiger partial charge in [-0.2, -0.15) is 0 Å². The molecule has 5 nitrogen and oxygen atoms in total. The minimum absolute atomic E-state index is 0.00265. The van der Waals surface area contributed by atoms with E-state index in [0.717, 1.165) is 63.5 Å². The third kappa shape index (κ3) is 14.0. The van der Waals surface area contributed by atoms with Crippen molar-refractivity contribution in [2.24, 2.45) is 12.8 Å². The van der Waals surface area contributed by atoms with Crippen LogP contribution in [0.15, 0.2) is 59.1 Å². The zero-order valence-electron chi connectivity index (χ0n) is 22.6. The van der Waals surface area contributed by atoms with E-state index in [4.69, 9.17) is 5.73 Å². The average Bonchev–Trinajstić information content (AvgIpc) is 3.11. The zero-order valence-corrected chi connectivity index (χ0v) is 22.6. The standard InChI is InChI=1S/C29H48N4O/c1-24(2)11-7-12-25(3)13-8-14-26(4)15-9-16-27(5)21-29(34)31-19-17-28-22-33(20-10-18-30)23-32(28)6/h11,13,15,21-23H,7-10,12,14,16-20,30H2,1-6H3/p+1. The van der Waals surface area contributed by atoms with E-state index >= 15 is 0 Å². The maximum Gasteiger partial charge on any atom is 0.243 e. The summed E-state index contributed by atoms with van der Waals surface area (Å²) in [6.45, 7) is 13.1. The van der Waals surface area contributed by atoms with E-state index in [2.05, 4.69) is 72.9 Å². The number of nitrogens with two attached hydrogens (primary N) is 1. The Morgan fingerprint density at radius 1 is 0.971 bits per heavy atom. The molecule has 0 unspecified atom stereocenters. The maximum atomic E-state index is 12.3. The van der Waals surface area contributed by atoms with Crippen molar-refractivity contribution in [3.63, 3.8) is 0 Å². The fraction of sp³-hybridized carbons (Fsp3) is 0.586. The summed E-state index contributed by atoms with van der Waals surface area (Å²) in [6.07, 6.45) is 21.1. The lowest BCUT2D eigenvalue weighted by Gasteiger charge is -2.04. The van der Waals surface area contributed by atoms with Gasteiger partial charge >= 0.3 is 0 Å². The fourth-order valence-electron chi connectivity index (χ4n) is 3.80. The number of imidazole rings is 1. The van der Waals surface area contributed by atoms with Crippen LogP contribution in [0, 0.1) is 0 Å². The van der Waals surface area contributed by atoms with Gasteiger partial charge in [-0.3, -0.25) is 4.79 Å². The normalized spacial score (nSPS) is 12.7. The van der Waals surface area contributed by atoms with Crippen molar-refractivity contribution in [1.29, 1.82) is 0 Å². The van der Waals surface area contributed by atoms with Gasteiger partial charge in [0.25, 0.3) is 0 Å². The highest BCUT2D eigenvalue weighted by Gasteiger charge is 2.10. The number of amides is 1. The minimum atomic E-state index is -0.00265. The fourth-order valence-corrected chi connectivity index (χ4v) is 3.80. The average molecular weight is 470 g/mol. The van der Waals surface area contributed by atoms with Crippen molar-refractivity contribution < 1.29 is 9.36 Å². The van der Waals surface area contributed by atoms with Crippen LogP contribution >= 0.6 is 0 Å². The lowest BCUT2D eigenvalue weighted by Crippen LogP contribution is -2.32. The van der Waals surface area contributed by atoms with Crippen LogP contribution in [0.3, 0.4) is 0 Å². The molecule has 0 bridgehead atoms. The van der Waals surface area contributed by atoms with Gasteiger partial charge in [0.15, 0.2) is 0 Å². The number of carbonyl (C=O) groups excluding carboxylic acids is 1. The second kappa shape index (κ2) is 17.1. The molecule has 0 saturated heterocycles. The number of rotatable bonds is 16. The monoisotopic (exact) mass is 469 g/mol. The van der Waals surface area contributed by atoms with Crippen molar-refractivity contribution in [3.8, 4) is 0 Å². The van der Waals surface area contributed by atoms with Crippen molar-refractivity contribution in [3.05, 3.63) is 64.8 Å². The highest BCUT2D eigenvalue weighted by Crippen LogP contribution is 2.13. The molecule has 1 aromatic rings. The molecule has 0 spiro atoms. The Morgan fingerprint density at radius 2 is 1.56 bits per heavy atom. The molecule has 5 heteroatoms. The van der Waals surface area contributed by atoms with Crippen LogP contribution in [0.5, 0.6) is 0 Å². The molecule has 1 amide bonds. The Morgan fingerprint density at radius 3 is 2.15 bits per heavy atom. The zero-order chi connectivity index (χ0) is 25.3. The van der Waals surface area contributed by atoms with Crippen LogP contribution in [0.4, 0.5) is 0 Å². The molecular formula is C29H49N4O+. The first-order chi connectivity index (χ1) is 16.2. The number of allylic oxidation sites excluding steroid dienone is 7. The molecule has 0 saturated carbocycles. The maximum absolute atomic E-state index is 12.3. The molecule has 0 aliphatic heterocycles. The lowest BCUT2D eigenvalue weighted by atomic mass is 10.0. The molecule has 190 valence electrons. The predicted molar refractivity (Wildman–Crippen MR) is 144 cm³/mol. The van der Waals surface area contributed by atoms with Gasteiger partial charge in [-0.15, -0.1) is 0 Å². The lowest BCUT2D eigenvalue weighted by molar-refractivity contribution is -0.696. The van der Waals surface area contributed by atoms with Crippen LogP contribution in [0.2, 0.25) is 0 Å². The van der Waals surface area contributed by atoms with Crippen LogP contribution in [-0.2, 0) is 24.8 Å². The van der Waals surface area contributed by atoms with E-state index in [1.54, 1.807) is 6.08 Å². The minimum Gasteiger partial charge on any atom is -0.352 e. The summed E-state index contributed by atoms with van der Waals surface area (Å²) in [6, 6.07) is 0. The van der Waals surface area contributed by atoms with Gasteiger partial charge in [-0.1, -0.05) is 40.5 Å². The number of aromatic nitrogens is 2. The summed E-state index contributed by atoms with van der Waals surface area (Å²) in [5.74, 6) is -0.00265. The topological polar surface area (TPSA) is 63.9 Å². The Kier molecular flexibility index (Phi) is 14.9. The SMILES string of the molecule is CC(C)=CCCC(C)=CCCC(C)=CCCC(C)=CC(=O)NCCc1c[n+](CCCN)cn1C. The van der Waals surface area contributed by atoms with E-state index < -0.39 is 0 Å². The van der Waals surface area contributed by atoms with E-state index in [0.29, 0.717) is 13.1 Å². The number of hydrogen-bond donors (Lipinski definition) is 2. The van der Waals surface area contributed by atoms with Gasteiger partial charge in [0.2, 0.25) is 12.2 Å². The van der Waals surface area contributed by atoms with Crippen LogP contribution in [0.1, 0.15) is 85.3 Å². The number of nitrogens with one attached hydrogen (secondary N) is 1. The number of aryl methyl sites for hydroxylation is 2. The highest BCUT2D eigenvalue weighted by molar-refractivity contribution is 5.88. The molecule has 34 heavy (non-hydrogen) atoms. The highest BCUT2D eigenvalue weighted by atomic mass is 16.1. The van der Waals surface area contributed by atoms with Gasteiger partial charge in [0.1, 0.15) is 11.9 Å². The summed E-state index contributed by atoms with van der Waals surface area (Å²) < 4.78 is 4.27. The third-order valence-electron chi connectivity index (χ3n) is 5.92. The van der Waals surface area contributed by atoms with Gasteiger partial charge in [-0.25, -0.2) is 9.13 Å². The van der Waals surface area contributed by atoms with Gasteiger partial charge in [0.05, 0.1) is 13.6 Å². The number of carbonyl (C=O) groups is 1. The summed E-state index contributed by atoms with van der Waals surface area (Å²) in [7, 11) is 2.04. The predicted octanol–water partition coefficient (Wildman–Crippen LogP) is 5.47. The van der Waals surface area contributed by atoms with Crippen LogP contribution in [0.25, 0.3) is 0 Å². The molecule has 0 aliphatic carbocycles. The first-order valence-electron chi connectivity index (χ1n) is 12.8. The Labute approximate surface area is 208 Å². The molecule has 3 N–H and O–H groups in total. The first kappa shape index (κ1) is 29.6. The summed E-state index contributed by atoms with van der Waals surface area (Å²) >= 11 is 0. The molecule has 0 atom stereocenters. The quantitative estimate of drug-likeness (QED) is 0.192. The largest absolute Gasteiger partial charge is 0.352 e. The Balaban J connectivity index is 2.30. The number of nitrogens with zero attached hydrogens (tertiary/aromatic N) is 2. The molecule has 1 aromatic heterocycles. The van der Waals surface area contributed by atoms with E-state index in [9.17, 15) is 4.79 Å². The van der Waals surface area contributed by atoms with E-state index in [-0.39, 0.29) is 5.91 Å². The summed E-state index contributed by atoms with van der Waals surface area (Å²) in [5.41, 5.74) is 12.2. The van der Waals surface area contributed by atoms with Crippen molar-refractivity contribution in [1.82, 2.24) is 9.88 Å². The Bertz CT molecular complexity index is 867. The molecule has 0 aromatic carbocycles. The van der Waals surface area contributed by atoms with E-state index in [1.807, 2.05) is 14.0 Å². The summed E-state index contributed by atoms with van der Waals surface area (Å²) in [4.78, 5) is 12.3. The summed E-state index contributed by atoms with van der Waals surface area (Å²) in [5, 5.41) is 3.02. The Hall–Kier alpha value is -2.40. The van der Waals surface area contributed by atoms with Crippen LogP contribution in [-0.4, -0.2) is 23.6 Å². The van der Waals surface area contributed by atoms with Crippen LogP contribution < -0.4 is 15.6 Å². The number of hydrogen-bond acceptors (Lipinski definition) is 2.